The molecular weight excluding hydrogens is 276 g/mol. The molecular formula is C14H20N2O5. The first-order chi connectivity index (χ1) is 9.72. The fraction of sp³-hybridized carbons (Fsp3) is 0.500. The van der Waals surface area contributed by atoms with Crippen LogP contribution in [0.5, 0.6) is 5.75 Å². The van der Waals surface area contributed by atoms with Crippen LogP contribution >= 0.6 is 0 Å². The van der Waals surface area contributed by atoms with Crippen molar-refractivity contribution in [2.24, 2.45) is 0 Å². The zero-order valence-corrected chi connectivity index (χ0v) is 12.6. The highest BCUT2D eigenvalue weighted by Crippen LogP contribution is 2.28. The van der Waals surface area contributed by atoms with Crippen LogP contribution in [0, 0.1) is 10.1 Å². The molecule has 0 aromatic heterocycles. The molecule has 0 fully saturated rings. The lowest BCUT2D eigenvalue weighted by atomic mass is 10.0. The minimum atomic E-state index is -0.594. The van der Waals surface area contributed by atoms with Crippen LogP contribution in [-0.2, 0) is 0 Å². The molecule has 0 aliphatic carbocycles. The Balaban J connectivity index is 3.23. The fourth-order valence-corrected chi connectivity index (χ4v) is 1.96. The summed E-state index contributed by atoms with van der Waals surface area (Å²) in [5.74, 6) is -0.275. The lowest BCUT2D eigenvalue weighted by molar-refractivity contribution is -0.385. The summed E-state index contributed by atoms with van der Waals surface area (Å²) >= 11 is 0. The molecule has 0 heterocycles. The second-order valence-electron chi connectivity index (χ2n) is 5.49. The van der Waals surface area contributed by atoms with E-state index in [1.165, 1.54) is 30.2 Å². The van der Waals surface area contributed by atoms with E-state index >= 15 is 0 Å². The molecule has 7 heteroatoms. The predicted octanol–water partition coefficient (Wildman–Crippen LogP) is 1.84. The number of carbonyl (C=O) groups excluding carboxylic acids is 1. The number of rotatable bonds is 5. The summed E-state index contributed by atoms with van der Waals surface area (Å²) in [7, 11) is 1.33. The molecule has 0 aliphatic rings. The van der Waals surface area contributed by atoms with Gasteiger partial charge in [-0.1, -0.05) is 0 Å². The Kier molecular flexibility index (Phi) is 5.26. The Morgan fingerprint density at radius 2 is 2.05 bits per heavy atom. The number of amides is 1. The number of nitrogens with zero attached hydrogens (tertiary/aromatic N) is 2. The van der Waals surface area contributed by atoms with Gasteiger partial charge in [0.1, 0.15) is 0 Å². The van der Waals surface area contributed by atoms with Gasteiger partial charge in [0.15, 0.2) is 5.75 Å². The molecule has 0 bridgehead atoms. The summed E-state index contributed by atoms with van der Waals surface area (Å²) in [6.07, 6.45) is 0. The Morgan fingerprint density at radius 3 is 2.48 bits per heavy atom. The average molecular weight is 296 g/mol. The Morgan fingerprint density at radius 1 is 1.43 bits per heavy atom. The molecule has 0 atom stereocenters. The van der Waals surface area contributed by atoms with Crippen LogP contribution in [0.4, 0.5) is 5.69 Å². The van der Waals surface area contributed by atoms with Crippen molar-refractivity contribution < 1.29 is 19.6 Å². The van der Waals surface area contributed by atoms with Crippen molar-refractivity contribution in [2.75, 3.05) is 20.3 Å². The van der Waals surface area contributed by atoms with Gasteiger partial charge in [-0.05, 0) is 32.9 Å². The number of benzene rings is 1. The van der Waals surface area contributed by atoms with Crippen LogP contribution in [0.15, 0.2) is 18.2 Å². The van der Waals surface area contributed by atoms with Crippen molar-refractivity contribution in [3.8, 4) is 5.75 Å². The molecule has 21 heavy (non-hydrogen) atoms. The van der Waals surface area contributed by atoms with Crippen molar-refractivity contribution >= 4 is 11.6 Å². The van der Waals surface area contributed by atoms with Crippen molar-refractivity contribution in [1.29, 1.82) is 0 Å². The third kappa shape index (κ3) is 3.91. The molecule has 0 aliphatic heterocycles. The first kappa shape index (κ1) is 16.9. The first-order valence-corrected chi connectivity index (χ1v) is 6.47. The second kappa shape index (κ2) is 6.53. The molecule has 0 saturated carbocycles. The Labute approximate surface area is 123 Å². The van der Waals surface area contributed by atoms with Gasteiger partial charge in [0.25, 0.3) is 5.91 Å². The molecule has 116 valence electrons. The number of hydrogen-bond acceptors (Lipinski definition) is 5. The number of ether oxygens (including phenoxy) is 1. The SMILES string of the molecule is COc1ccc(C(=O)N(CCO)C(C)(C)C)cc1[N+](=O)[O-]. The topological polar surface area (TPSA) is 92.9 Å². The highest BCUT2D eigenvalue weighted by atomic mass is 16.6. The van der Waals surface area contributed by atoms with Gasteiger partial charge in [-0.3, -0.25) is 14.9 Å². The van der Waals surface area contributed by atoms with Crippen LogP contribution in [0.2, 0.25) is 0 Å². The van der Waals surface area contributed by atoms with Gasteiger partial charge in [0, 0.05) is 23.7 Å². The molecule has 1 amide bonds. The highest BCUT2D eigenvalue weighted by molar-refractivity contribution is 5.95. The van der Waals surface area contributed by atoms with E-state index in [0.717, 1.165) is 0 Å². The summed E-state index contributed by atoms with van der Waals surface area (Å²) in [6.45, 7) is 5.47. The molecule has 1 rings (SSSR count). The van der Waals surface area contributed by atoms with E-state index in [-0.39, 0.29) is 36.1 Å². The maximum Gasteiger partial charge on any atom is 0.311 e. The third-order valence-corrected chi connectivity index (χ3v) is 3.00. The van der Waals surface area contributed by atoms with E-state index in [2.05, 4.69) is 0 Å². The largest absolute Gasteiger partial charge is 0.490 e. The van der Waals surface area contributed by atoms with E-state index in [9.17, 15) is 14.9 Å². The Hall–Kier alpha value is -2.15. The van der Waals surface area contributed by atoms with Crippen LogP contribution in [0.25, 0.3) is 0 Å². The van der Waals surface area contributed by atoms with Crippen molar-refractivity contribution in [2.45, 2.75) is 26.3 Å². The molecule has 0 saturated heterocycles. The standard InChI is InChI=1S/C14H20N2O5/c1-14(2,3)15(7-8-17)13(18)10-5-6-12(21-4)11(9-10)16(19)20/h5-6,9,17H,7-8H2,1-4H3. The number of methoxy groups -OCH3 is 1. The smallest absolute Gasteiger partial charge is 0.311 e. The predicted molar refractivity (Wildman–Crippen MR) is 77.5 cm³/mol. The van der Waals surface area contributed by atoms with E-state index in [1.54, 1.807) is 0 Å². The number of nitro benzene ring substituents is 1. The van der Waals surface area contributed by atoms with Gasteiger partial charge >= 0.3 is 5.69 Å². The molecule has 0 spiro atoms. The number of aliphatic hydroxyl groups excluding tert-OH is 1. The third-order valence-electron chi connectivity index (χ3n) is 3.00. The molecule has 7 nitrogen and oxygen atoms in total. The molecule has 1 aromatic rings. The summed E-state index contributed by atoms with van der Waals surface area (Å²) in [4.78, 5) is 24.4. The molecule has 1 N–H and O–H groups in total. The molecule has 0 radical (unpaired) electrons. The first-order valence-electron chi connectivity index (χ1n) is 6.47. The summed E-state index contributed by atoms with van der Waals surface area (Å²) in [5.41, 5.74) is -0.582. The van der Waals surface area contributed by atoms with E-state index < -0.39 is 10.5 Å². The normalized spacial score (nSPS) is 11.1. The van der Waals surface area contributed by atoms with Crippen molar-refractivity contribution in [1.82, 2.24) is 4.90 Å². The highest BCUT2D eigenvalue weighted by Gasteiger charge is 2.28. The second-order valence-corrected chi connectivity index (χ2v) is 5.49. The number of nitro groups is 1. The van der Waals surface area contributed by atoms with Gasteiger partial charge in [0.05, 0.1) is 18.6 Å². The Bertz CT molecular complexity index is 537. The van der Waals surface area contributed by atoms with Crippen molar-refractivity contribution in [3.63, 3.8) is 0 Å². The number of aliphatic hydroxyl groups is 1. The van der Waals surface area contributed by atoms with E-state index in [1.807, 2.05) is 20.8 Å². The van der Waals surface area contributed by atoms with Crippen molar-refractivity contribution in [3.05, 3.63) is 33.9 Å². The van der Waals surface area contributed by atoms with Crippen LogP contribution in [0.3, 0.4) is 0 Å². The number of hydrogen-bond donors (Lipinski definition) is 1. The zero-order valence-electron chi connectivity index (χ0n) is 12.6. The summed E-state index contributed by atoms with van der Waals surface area (Å²) in [5, 5.41) is 20.1. The molecule has 0 unspecified atom stereocenters. The average Bonchev–Trinajstić information content (AvgIpc) is 2.42. The summed E-state index contributed by atoms with van der Waals surface area (Å²) < 4.78 is 4.91. The van der Waals surface area contributed by atoms with Gasteiger partial charge in [0.2, 0.25) is 0 Å². The maximum absolute atomic E-state index is 12.5. The van der Waals surface area contributed by atoms with Crippen LogP contribution < -0.4 is 4.74 Å². The molecule has 1 aromatic carbocycles. The maximum atomic E-state index is 12.5. The van der Waals surface area contributed by atoms with Crippen LogP contribution in [-0.4, -0.2) is 46.6 Å². The minimum Gasteiger partial charge on any atom is -0.490 e. The zero-order chi connectivity index (χ0) is 16.2. The lowest BCUT2D eigenvalue weighted by Crippen LogP contribution is -2.47. The van der Waals surface area contributed by atoms with Crippen LogP contribution in [0.1, 0.15) is 31.1 Å². The fourth-order valence-electron chi connectivity index (χ4n) is 1.96. The number of carbonyl (C=O) groups is 1. The lowest BCUT2D eigenvalue weighted by Gasteiger charge is -2.35. The van der Waals surface area contributed by atoms with E-state index in [0.29, 0.717) is 0 Å². The van der Waals surface area contributed by atoms with Gasteiger partial charge in [-0.2, -0.15) is 0 Å². The monoisotopic (exact) mass is 296 g/mol. The minimum absolute atomic E-state index is 0.0982. The summed E-state index contributed by atoms with van der Waals surface area (Å²) in [6, 6.07) is 4.06. The quantitative estimate of drug-likeness (QED) is 0.661. The van der Waals surface area contributed by atoms with Gasteiger partial charge in [-0.25, -0.2) is 0 Å². The van der Waals surface area contributed by atoms with Gasteiger partial charge < -0.3 is 14.7 Å². The van der Waals surface area contributed by atoms with Gasteiger partial charge in [-0.15, -0.1) is 0 Å². The number of β-amino-alcohol motifs (C(OH)–C–C–N with tert-alkyl or cyclic N) is 1. The van der Waals surface area contributed by atoms with E-state index in [4.69, 9.17) is 9.84 Å².